The Bertz CT molecular complexity index is 300. The quantitative estimate of drug-likeness (QED) is 0.735. The van der Waals surface area contributed by atoms with Crippen LogP contribution in [0.25, 0.3) is 0 Å². The van der Waals surface area contributed by atoms with Gasteiger partial charge in [-0.3, -0.25) is 4.68 Å². The van der Waals surface area contributed by atoms with Crippen molar-refractivity contribution in [3.8, 4) is 0 Å². The molecule has 1 aliphatic carbocycles. The summed E-state index contributed by atoms with van der Waals surface area (Å²) in [5, 5.41) is 4.38. The highest BCUT2D eigenvalue weighted by atomic mass is 32.1. The first-order valence-corrected chi connectivity index (χ1v) is 5.42. The molecular weight excluding hydrogens is 180 g/mol. The van der Waals surface area contributed by atoms with Gasteiger partial charge >= 0.3 is 0 Å². The summed E-state index contributed by atoms with van der Waals surface area (Å²) < 4.78 is 2.10. The molecule has 2 rings (SSSR count). The van der Waals surface area contributed by atoms with E-state index < -0.39 is 0 Å². The maximum absolute atomic E-state index is 4.38. The van der Waals surface area contributed by atoms with Gasteiger partial charge in [-0.2, -0.15) is 17.7 Å². The van der Waals surface area contributed by atoms with Crippen molar-refractivity contribution in [3.63, 3.8) is 0 Å². The van der Waals surface area contributed by atoms with Gasteiger partial charge < -0.3 is 0 Å². The summed E-state index contributed by atoms with van der Waals surface area (Å²) in [6.07, 6.45) is 6.74. The SMILES string of the molecule is CC(C)(CS)c1cnn(C2CC2)c1. The first-order valence-electron chi connectivity index (χ1n) is 4.79. The van der Waals surface area contributed by atoms with Gasteiger partial charge in [0.2, 0.25) is 0 Å². The van der Waals surface area contributed by atoms with Crippen LogP contribution >= 0.6 is 12.6 Å². The van der Waals surface area contributed by atoms with Gasteiger partial charge in [0.25, 0.3) is 0 Å². The number of thiol groups is 1. The van der Waals surface area contributed by atoms with Crippen molar-refractivity contribution in [2.24, 2.45) is 0 Å². The van der Waals surface area contributed by atoms with Crippen molar-refractivity contribution in [2.75, 3.05) is 5.75 Å². The van der Waals surface area contributed by atoms with E-state index in [1.807, 2.05) is 6.20 Å². The van der Waals surface area contributed by atoms with Crippen LogP contribution in [0.3, 0.4) is 0 Å². The number of aromatic nitrogens is 2. The molecule has 1 aromatic rings. The third-order valence-corrected chi connectivity index (χ3v) is 3.49. The lowest BCUT2D eigenvalue weighted by molar-refractivity contribution is 0.597. The molecule has 0 aromatic carbocycles. The minimum Gasteiger partial charge on any atom is -0.269 e. The third-order valence-electron chi connectivity index (χ3n) is 2.70. The van der Waals surface area contributed by atoms with Crippen LogP contribution in [0.2, 0.25) is 0 Å². The topological polar surface area (TPSA) is 17.8 Å². The van der Waals surface area contributed by atoms with E-state index >= 15 is 0 Å². The minimum atomic E-state index is 0.149. The van der Waals surface area contributed by atoms with Gasteiger partial charge in [-0.1, -0.05) is 13.8 Å². The van der Waals surface area contributed by atoms with Crippen LogP contribution in [0, 0.1) is 0 Å². The fraction of sp³-hybridized carbons (Fsp3) is 0.700. The molecule has 72 valence electrons. The lowest BCUT2D eigenvalue weighted by Crippen LogP contribution is -2.18. The Morgan fingerprint density at radius 3 is 2.85 bits per heavy atom. The lowest BCUT2D eigenvalue weighted by atomic mass is 9.89. The summed E-state index contributed by atoms with van der Waals surface area (Å²) in [6.45, 7) is 4.41. The molecule has 1 heterocycles. The van der Waals surface area contributed by atoms with E-state index in [4.69, 9.17) is 0 Å². The van der Waals surface area contributed by atoms with Crippen LogP contribution in [0.4, 0.5) is 0 Å². The largest absolute Gasteiger partial charge is 0.269 e. The number of hydrogen-bond donors (Lipinski definition) is 1. The summed E-state index contributed by atoms with van der Waals surface area (Å²) >= 11 is 4.35. The van der Waals surface area contributed by atoms with E-state index in [1.165, 1.54) is 18.4 Å². The van der Waals surface area contributed by atoms with Gasteiger partial charge in [-0.25, -0.2) is 0 Å². The average Bonchev–Trinajstić information content (AvgIpc) is 2.83. The van der Waals surface area contributed by atoms with Crippen LogP contribution in [-0.4, -0.2) is 15.5 Å². The second-order valence-corrected chi connectivity index (χ2v) is 4.80. The summed E-state index contributed by atoms with van der Waals surface area (Å²) in [6, 6.07) is 0.685. The Morgan fingerprint density at radius 2 is 2.31 bits per heavy atom. The molecule has 0 N–H and O–H groups in total. The Kier molecular flexibility index (Phi) is 2.14. The maximum atomic E-state index is 4.38. The first kappa shape index (κ1) is 9.13. The fourth-order valence-corrected chi connectivity index (χ4v) is 1.50. The Labute approximate surface area is 84.7 Å². The molecular formula is C10H16N2S. The zero-order valence-corrected chi connectivity index (χ0v) is 9.09. The Morgan fingerprint density at radius 1 is 1.62 bits per heavy atom. The zero-order valence-electron chi connectivity index (χ0n) is 8.20. The highest BCUT2D eigenvalue weighted by Crippen LogP contribution is 2.35. The summed E-state index contributed by atoms with van der Waals surface area (Å²) in [4.78, 5) is 0. The van der Waals surface area contributed by atoms with Crippen LogP contribution in [0.1, 0.15) is 38.3 Å². The van der Waals surface area contributed by atoms with Crippen molar-refractivity contribution >= 4 is 12.6 Å². The Balaban J connectivity index is 2.20. The van der Waals surface area contributed by atoms with Gasteiger partial charge in [0, 0.05) is 11.6 Å². The van der Waals surface area contributed by atoms with Crippen LogP contribution < -0.4 is 0 Å². The van der Waals surface area contributed by atoms with Crippen LogP contribution in [0.15, 0.2) is 12.4 Å². The molecule has 1 fully saturated rings. The summed E-state index contributed by atoms with van der Waals surface area (Å²) in [7, 11) is 0. The molecule has 0 bridgehead atoms. The normalized spacial score (nSPS) is 17.8. The fourth-order valence-electron chi connectivity index (χ4n) is 1.32. The molecule has 0 saturated heterocycles. The molecule has 3 heteroatoms. The molecule has 1 aliphatic rings. The standard InChI is InChI=1S/C10H16N2S/c1-10(2,7-13)8-5-11-12(6-8)9-3-4-9/h5-6,9,13H,3-4,7H2,1-2H3. The monoisotopic (exact) mass is 196 g/mol. The minimum absolute atomic E-state index is 0.149. The van der Waals surface area contributed by atoms with Crippen molar-refractivity contribution < 1.29 is 0 Å². The van der Waals surface area contributed by atoms with Crippen molar-refractivity contribution in [3.05, 3.63) is 18.0 Å². The highest BCUT2D eigenvalue weighted by molar-refractivity contribution is 7.80. The number of hydrogen-bond acceptors (Lipinski definition) is 2. The van der Waals surface area contributed by atoms with Crippen LogP contribution in [0.5, 0.6) is 0 Å². The second kappa shape index (κ2) is 3.05. The summed E-state index contributed by atoms with van der Waals surface area (Å²) in [5.41, 5.74) is 1.45. The van der Waals surface area contributed by atoms with E-state index in [2.05, 4.69) is 42.5 Å². The van der Waals surface area contributed by atoms with Gasteiger partial charge in [0.05, 0.1) is 12.2 Å². The van der Waals surface area contributed by atoms with E-state index in [1.54, 1.807) is 0 Å². The van der Waals surface area contributed by atoms with Gasteiger partial charge in [-0.15, -0.1) is 0 Å². The van der Waals surface area contributed by atoms with E-state index in [0.29, 0.717) is 6.04 Å². The van der Waals surface area contributed by atoms with Crippen molar-refractivity contribution in [1.82, 2.24) is 9.78 Å². The molecule has 13 heavy (non-hydrogen) atoms. The molecule has 1 aromatic heterocycles. The van der Waals surface area contributed by atoms with Crippen LogP contribution in [-0.2, 0) is 5.41 Å². The number of nitrogens with zero attached hydrogens (tertiary/aromatic N) is 2. The van der Waals surface area contributed by atoms with E-state index in [-0.39, 0.29) is 5.41 Å². The smallest absolute Gasteiger partial charge is 0.0527 e. The molecule has 0 aliphatic heterocycles. The third kappa shape index (κ3) is 1.75. The molecule has 0 radical (unpaired) electrons. The molecule has 0 amide bonds. The van der Waals surface area contributed by atoms with Gasteiger partial charge in [-0.05, 0) is 24.2 Å². The number of rotatable bonds is 3. The average molecular weight is 196 g/mol. The predicted molar refractivity (Wildman–Crippen MR) is 57.4 cm³/mol. The van der Waals surface area contributed by atoms with E-state index in [0.717, 1.165) is 5.75 Å². The maximum Gasteiger partial charge on any atom is 0.0527 e. The van der Waals surface area contributed by atoms with Crippen molar-refractivity contribution in [1.29, 1.82) is 0 Å². The first-order chi connectivity index (χ1) is 6.13. The predicted octanol–water partition coefficient (Wildman–Crippen LogP) is 2.43. The van der Waals surface area contributed by atoms with Crippen molar-refractivity contribution in [2.45, 2.75) is 38.1 Å². The van der Waals surface area contributed by atoms with Gasteiger partial charge in [0.15, 0.2) is 0 Å². The highest BCUT2D eigenvalue weighted by Gasteiger charge is 2.27. The zero-order chi connectivity index (χ0) is 9.47. The lowest BCUT2D eigenvalue weighted by Gasteiger charge is -2.19. The molecule has 2 nitrogen and oxygen atoms in total. The van der Waals surface area contributed by atoms with Gasteiger partial charge in [0.1, 0.15) is 0 Å². The molecule has 0 unspecified atom stereocenters. The molecule has 0 spiro atoms. The Hall–Kier alpha value is -0.440. The van der Waals surface area contributed by atoms with E-state index in [9.17, 15) is 0 Å². The molecule has 1 saturated carbocycles. The molecule has 0 atom stereocenters. The summed E-state index contributed by atoms with van der Waals surface area (Å²) in [5.74, 6) is 0.864. The second-order valence-electron chi connectivity index (χ2n) is 4.48.